The molecule has 0 aliphatic heterocycles. The zero-order valence-corrected chi connectivity index (χ0v) is 23.6. The number of hydrogen-bond acceptors (Lipinski definition) is 6. The number of methoxy groups -OCH3 is 1. The third-order valence-corrected chi connectivity index (χ3v) is 4.98. The van der Waals surface area contributed by atoms with Crippen LogP contribution in [-0.4, -0.2) is 44.5 Å². The zero-order valence-electron chi connectivity index (χ0n) is 22.8. The maximum atomic E-state index is 12.2. The van der Waals surface area contributed by atoms with E-state index in [0.29, 0.717) is 49.3 Å². The molecule has 1 atom stereocenters. The Morgan fingerprint density at radius 3 is 2.50 bits per heavy atom. The molecule has 4 N–H and O–H groups in total. The van der Waals surface area contributed by atoms with E-state index in [4.69, 9.17) is 32.2 Å². The first-order chi connectivity index (χ1) is 17.1. The Balaban J connectivity index is 0.00000596. The summed E-state index contributed by atoms with van der Waals surface area (Å²) in [5, 5.41) is 6.91. The topological polar surface area (TPSA) is 94.8 Å². The molecular formula is C28H45N3O4S. The standard InChI is InChI=1S/C26H39N3O4S.C2H6/c1-7-8-9-19(2)14-21(18-33-24(30)26(3,4)5)17-29-25(34)28-16-20-10-11-22(32-13-12-27)23(15-20)31-6;1-2/h7-11,15,21H,1-2,12-14,16-18,27H2,3-6H3,(H2,28,29,34);1-2H3/b9-8-;. The van der Waals surface area contributed by atoms with Gasteiger partial charge in [-0.15, -0.1) is 0 Å². The van der Waals surface area contributed by atoms with Gasteiger partial charge in [0.1, 0.15) is 6.61 Å². The fraction of sp³-hybridized carbons (Fsp3) is 0.500. The Bertz CT molecular complexity index is 863. The highest BCUT2D eigenvalue weighted by atomic mass is 32.1. The molecule has 0 radical (unpaired) electrons. The molecule has 1 rings (SSSR count). The smallest absolute Gasteiger partial charge is 0.311 e. The number of nitrogens with two attached hydrogens (primary N) is 1. The van der Waals surface area contributed by atoms with Crippen molar-refractivity contribution in [3.8, 4) is 11.5 Å². The average Bonchev–Trinajstić information content (AvgIpc) is 2.86. The lowest BCUT2D eigenvalue weighted by Crippen LogP contribution is -2.39. The van der Waals surface area contributed by atoms with E-state index in [0.717, 1.165) is 11.1 Å². The van der Waals surface area contributed by atoms with E-state index < -0.39 is 5.41 Å². The fourth-order valence-electron chi connectivity index (χ4n) is 2.83. The lowest BCUT2D eigenvalue weighted by Gasteiger charge is -2.22. The average molecular weight is 520 g/mol. The van der Waals surface area contributed by atoms with Crippen LogP contribution in [0.3, 0.4) is 0 Å². The molecule has 0 fully saturated rings. The van der Waals surface area contributed by atoms with E-state index in [9.17, 15) is 4.79 Å². The molecule has 1 unspecified atom stereocenters. The third kappa shape index (κ3) is 13.9. The SMILES string of the molecule is C=C/C=C\C(=C)CC(CNC(=S)NCc1ccc(OCCN)c(OC)c1)COC(=O)C(C)(C)C.CC. The molecule has 0 amide bonds. The molecule has 1 aromatic carbocycles. The maximum absolute atomic E-state index is 12.2. The normalized spacial score (nSPS) is 11.5. The molecular weight excluding hydrogens is 474 g/mol. The van der Waals surface area contributed by atoms with Gasteiger partial charge in [-0.3, -0.25) is 4.79 Å². The summed E-state index contributed by atoms with van der Waals surface area (Å²) >= 11 is 5.44. The van der Waals surface area contributed by atoms with Crippen molar-refractivity contribution in [3.05, 3.63) is 60.7 Å². The minimum atomic E-state index is -0.555. The first-order valence-electron chi connectivity index (χ1n) is 12.3. The second kappa shape index (κ2) is 18.4. The largest absolute Gasteiger partial charge is 0.493 e. The van der Waals surface area contributed by atoms with Crippen LogP contribution in [0.4, 0.5) is 0 Å². The van der Waals surface area contributed by atoms with E-state index in [1.165, 1.54) is 0 Å². The molecule has 0 aliphatic rings. The van der Waals surface area contributed by atoms with Crippen LogP contribution in [0.25, 0.3) is 0 Å². The van der Waals surface area contributed by atoms with Gasteiger partial charge in [0.05, 0.1) is 19.1 Å². The minimum Gasteiger partial charge on any atom is -0.493 e. The summed E-state index contributed by atoms with van der Waals surface area (Å²) < 4.78 is 16.5. The summed E-state index contributed by atoms with van der Waals surface area (Å²) in [4.78, 5) is 12.2. The number of carbonyl (C=O) groups excluding carboxylic acids is 1. The molecule has 0 aliphatic carbocycles. The first kappa shape index (κ1) is 33.2. The number of nitrogens with one attached hydrogen (secondary N) is 2. The van der Waals surface area contributed by atoms with E-state index in [2.05, 4.69) is 23.8 Å². The third-order valence-electron chi connectivity index (χ3n) is 4.69. The summed E-state index contributed by atoms with van der Waals surface area (Å²) in [6.45, 7) is 19.4. The van der Waals surface area contributed by atoms with Crippen molar-refractivity contribution in [2.45, 2.75) is 47.6 Å². The highest BCUT2D eigenvalue weighted by Gasteiger charge is 2.24. The van der Waals surface area contributed by atoms with Crippen LogP contribution < -0.4 is 25.8 Å². The molecule has 36 heavy (non-hydrogen) atoms. The number of allylic oxidation sites excluding steroid dienone is 4. The second-order valence-corrected chi connectivity index (χ2v) is 9.27. The molecule has 1 aromatic rings. The number of esters is 1. The molecule has 7 nitrogen and oxygen atoms in total. The zero-order chi connectivity index (χ0) is 27.6. The van der Waals surface area contributed by atoms with Crippen molar-refractivity contribution in [2.24, 2.45) is 17.1 Å². The lowest BCUT2D eigenvalue weighted by atomic mass is 9.97. The number of ether oxygens (including phenoxy) is 3. The van der Waals surface area contributed by atoms with Gasteiger partial charge in [0.2, 0.25) is 0 Å². The maximum Gasteiger partial charge on any atom is 0.311 e. The Morgan fingerprint density at radius 1 is 1.22 bits per heavy atom. The number of benzene rings is 1. The Hall–Kier alpha value is -2.84. The van der Waals surface area contributed by atoms with Gasteiger partial charge >= 0.3 is 5.97 Å². The highest BCUT2D eigenvalue weighted by molar-refractivity contribution is 7.80. The van der Waals surface area contributed by atoms with Gasteiger partial charge in [-0.05, 0) is 57.1 Å². The van der Waals surface area contributed by atoms with Crippen LogP contribution in [0.2, 0.25) is 0 Å². The molecule has 202 valence electrons. The summed E-state index contributed by atoms with van der Waals surface area (Å²) in [7, 11) is 1.60. The predicted octanol–water partition coefficient (Wildman–Crippen LogP) is 4.92. The van der Waals surface area contributed by atoms with Gasteiger partial charge in [0, 0.05) is 25.6 Å². The van der Waals surface area contributed by atoms with Gasteiger partial charge in [0.25, 0.3) is 0 Å². The number of carbonyl (C=O) groups is 1. The van der Waals surface area contributed by atoms with Crippen LogP contribution in [0, 0.1) is 11.3 Å². The molecule has 0 saturated heterocycles. The van der Waals surface area contributed by atoms with Crippen molar-refractivity contribution in [2.75, 3.05) is 33.4 Å². The van der Waals surface area contributed by atoms with E-state index in [1.807, 2.05) is 65.0 Å². The molecule has 0 aromatic heterocycles. The molecule has 0 spiro atoms. The Kier molecular flexibility index (Phi) is 17.0. The van der Waals surface area contributed by atoms with Gasteiger partial charge in [-0.2, -0.15) is 0 Å². The Morgan fingerprint density at radius 2 is 1.92 bits per heavy atom. The number of rotatable bonds is 14. The summed E-state index contributed by atoms with van der Waals surface area (Å²) in [5.74, 6) is 1.06. The van der Waals surface area contributed by atoms with Crippen molar-refractivity contribution < 1.29 is 19.0 Å². The lowest BCUT2D eigenvalue weighted by molar-refractivity contribution is -0.154. The summed E-state index contributed by atoms with van der Waals surface area (Å²) in [6.07, 6.45) is 6.08. The Labute approximate surface area is 223 Å². The van der Waals surface area contributed by atoms with Gasteiger partial charge in [0.15, 0.2) is 16.6 Å². The van der Waals surface area contributed by atoms with E-state index >= 15 is 0 Å². The van der Waals surface area contributed by atoms with Crippen molar-refractivity contribution in [1.29, 1.82) is 0 Å². The van der Waals surface area contributed by atoms with Gasteiger partial charge < -0.3 is 30.6 Å². The molecule has 0 bridgehead atoms. The van der Waals surface area contributed by atoms with Gasteiger partial charge in [-0.1, -0.05) is 56.9 Å². The predicted molar refractivity (Wildman–Crippen MR) is 153 cm³/mol. The minimum absolute atomic E-state index is 0.00656. The summed E-state index contributed by atoms with van der Waals surface area (Å²) in [6, 6.07) is 5.69. The van der Waals surface area contributed by atoms with Crippen LogP contribution in [-0.2, 0) is 16.1 Å². The van der Waals surface area contributed by atoms with E-state index in [1.54, 1.807) is 13.2 Å². The quantitative estimate of drug-likeness (QED) is 0.181. The summed E-state index contributed by atoms with van der Waals surface area (Å²) in [5.41, 5.74) is 6.84. The van der Waals surface area contributed by atoms with Crippen molar-refractivity contribution in [1.82, 2.24) is 10.6 Å². The van der Waals surface area contributed by atoms with Crippen LogP contribution in [0.15, 0.2) is 55.2 Å². The number of hydrogen-bond donors (Lipinski definition) is 3. The van der Waals surface area contributed by atoms with Crippen LogP contribution >= 0.6 is 12.2 Å². The van der Waals surface area contributed by atoms with Crippen LogP contribution in [0.5, 0.6) is 11.5 Å². The van der Waals surface area contributed by atoms with Crippen molar-refractivity contribution >= 4 is 23.3 Å². The van der Waals surface area contributed by atoms with Crippen molar-refractivity contribution in [3.63, 3.8) is 0 Å². The second-order valence-electron chi connectivity index (χ2n) is 8.86. The monoisotopic (exact) mass is 519 g/mol. The van der Waals surface area contributed by atoms with E-state index in [-0.39, 0.29) is 18.5 Å². The van der Waals surface area contributed by atoms with Crippen LogP contribution in [0.1, 0.15) is 46.6 Å². The van der Waals surface area contributed by atoms with Gasteiger partial charge in [-0.25, -0.2) is 0 Å². The number of thiocarbonyl (C=S) groups is 1. The molecule has 8 heteroatoms. The first-order valence-corrected chi connectivity index (χ1v) is 12.7. The fourth-order valence-corrected chi connectivity index (χ4v) is 2.99. The molecule has 0 saturated carbocycles. The molecule has 0 heterocycles. The highest BCUT2D eigenvalue weighted by Crippen LogP contribution is 2.28.